The van der Waals surface area contributed by atoms with Crippen LogP contribution < -0.4 is 10.6 Å². The third kappa shape index (κ3) is 3.07. The molecule has 1 atom stereocenters. The van der Waals surface area contributed by atoms with Crippen molar-refractivity contribution >= 4 is 11.6 Å². The molecule has 1 fully saturated rings. The van der Waals surface area contributed by atoms with Gasteiger partial charge in [-0.2, -0.15) is 0 Å². The smallest absolute Gasteiger partial charge is 0.168 e. The number of nitrogens with zero attached hydrogens (tertiary/aromatic N) is 1. The van der Waals surface area contributed by atoms with Crippen molar-refractivity contribution in [3.8, 4) is 0 Å². The number of hydrogen-bond acceptors (Lipinski definition) is 4. The van der Waals surface area contributed by atoms with Gasteiger partial charge >= 0.3 is 0 Å². The van der Waals surface area contributed by atoms with Crippen molar-refractivity contribution in [2.45, 2.75) is 12.8 Å². The fourth-order valence-corrected chi connectivity index (χ4v) is 1.97. The number of halogens is 2. The van der Waals surface area contributed by atoms with E-state index in [-0.39, 0.29) is 11.6 Å². The molecule has 1 unspecified atom stereocenters. The summed E-state index contributed by atoms with van der Waals surface area (Å²) in [5.74, 6) is -0.716. The van der Waals surface area contributed by atoms with Crippen LogP contribution in [-0.2, 0) is 4.74 Å². The van der Waals surface area contributed by atoms with Crippen molar-refractivity contribution < 1.29 is 13.5 Å². The Kier molecular flexibility index (Phi) is 4.30. The summed E-state index contributed by atoms with van der Waals surface area (Å²) in [6.07, 6.45) is 1.94. The molecule has 1 aliphatic heterocycles. The van der Waals surface area contributed by atoms with Gasteiger partial charge in [-0.1, -0.05) is 0 Å². The van der Waals surface area contributed by atoms with Crippen molar-refractivity contribution in [1.82, 2.24) is 4.98 Å². The molecule has 1 aromatic rings. The van der Waals surface area contributed by atoms with Crippen molar-refractivity contribution in [3.05, 3.63) is 17.7 Å². The number of nitrogens with one attached hydrogen (secondary N) is 2. The van der Waals surface area contributed by atoms with Crippen LogP contribution in [0.15, 0.2) is 6.07 Å². The molecular weight excluding hydrogens is 240 g/mol. The average Bonchev–Trinajstić information content (AvgIpc) is 2.85. The van der Waals surface area contributed by atoms with Crippen molar-refractivity contribution in [2.24, 2.45) is 5.92 Å². The van der Waals surface area contributed by atoms with E-state index in [1.54, 1.807) is 7.05 Å². The zero-order valence-electron chi connectivity index (χ0n) is 10.3. The highest BCUT2D eigenvalue weighted by atomic mass is 19.1. The van der Waals surface area contributed by atoms with Gasteiger partial charge in [0.1, 0.15) is 0 Å². The summed E-state index contributed by atoms with van der Waals surface area (Å²) in [5.41, 5.74) is 0. The highest BCUT2D eigenvalue weighted by Crippen LogP contribution is 2.20. The lowest BCUT2D eigenvalue weighted by atomic mass is 10.1. The number of hydrogen-bond donors (Lipinski definition) is 2. The van der Waals surface area contributed by atoms with Gasteiger partial charge in [-0.15, -0.1) is 0 Å². The van der Waals surface area contributed by atoms with Gasteiger partial charge in [0.15, 0.2) is 23.3 Å². The van der Waals surface area contributed by atoms with E-state index >= 15 is 0 Å². The van der Waals surface area contributed by atoms with Gasteiger partial charge in [0.2, 0.25) is 0 Å². The molecule has 0 aliphatic carbocycles. The van der Waals surface area contributed by atoms with Crippen LogP contribution in [0.3, 0.4) is 0 Å². The van der Waals surface area contributed by atoms with E-state index in [2.05, 4.69) is 15.6 Å². The van der Waals surface area contributed by atoms with Gasteiger partial charge in [0, 0.05) is 32.9 Å². The molecule has 0 bridgehead atoms. The Bertz CT molecular complexity index is 409. The molecule has 0 saturated carbocycles. The van der Waals surface area contributed by atoms with E-state index in [9.17, 15) is 8.78 Å². The fourth-order valence-electron chi connectivity index (χ4n) is 1.97. The number of ether oxygens (including phenoxy) is 1. The largest absolute Gasteiger partial charge is 0.381 e. The number of anilines is 2. The Morgan fingerprint density at radius 3 is 2.83 bits per heavy atom. The van der Waals surface area contributed by atoms with E-state index in [1.165, 1.54) is 0 Å². The normalized spacial score (nSPS) is 18.9. The minimum atomic E-state index is -0.690. The number of pyridine rings is 1. The second-order valence-corrected chi connectivity index (χ2v) is 4.34. The predicted molar refractivity (Wildman–Crippen MR) is 65.7 cm³/mol. The van der Waals surface area contributed by atoms with Crippen LogP contribution >= 0.6 is 0 Å². The summed E-state index contributed by atoms with van der Waals surface area (Å²) in [5, 5.41) is 5.48. The predicted octanol–water partition coefficient (Wildman–Crippen LogP) is 2.24. The minimum Gasteiger partial charge on any atom is -0.381 e. The zero-order chi connectivity index (χ0) is 13.0. The first kappa shape index (κ1) is 13.0. The molecule has 2 heterocycles. The molecule has 100 valence electrons. The van der Waals surface area contributed by atoms with Crippen molar-refractivity contribution in [3.63, 3.8) is 0 Å². The summed E-state index contributed by atoms with van der Waals surface area (Å²) in [6, 6.07) is 0.833. The summed E-state index contributed by atoms with van der Waals surface area (Å²) in [4.78, 5) is 3.85. The quantitative estimate of drug-likeness (QED) is 0.849. The van der Waals surface area contributed by atoms with Crippen LogP contribution in [0.1, 0.15) is 12.8 Å². The van der Waals surface area contributed by atoms with E-state index in [0.717, 1.165) is 32.1 Å². The Morgan fingerprint density at radius 2 is 2.17 bits per heavy atom. The van der Waals surface area contributed by atoms with Crippen LogP contribution in [0.25, 0.3) is 0 Å². The Hall–Kier alpha value is -1.43. The van der Waals surface area contributed by atoms with E-state index in [4.69, 9.17) is 4.74 Å². The minimum absolute atomic E-state index is 0.0445. The van der Waals surface area contributed by atoms with Crippen molar-refractivity contribution in [1.29, 1.82) is 0 Å². The Labute approximate surface area is 105 Å². The topological polar surface area (TPSA) is 46.2 Å². The monoisotopic (exact) mass is 257 g/mol. The first-order chi connectivity index (χ1) is 8.70. The fraction of sp³-hybridized carbons (Fsp3) is 0.583. The average molecular weight is 257 g/mol. The van der Waals surface area contributed by atoms with Gasteiger partial charge in [-0.05, 0) is 18.8 Å². The highest BCUT2D eigenvalue weighted by Gasteiger charge is 2.16. The maximum Gasteiger partial charge on any atom is 0.168 e. The summed E-state index contributed by atoms with van der Waals surface area (Å²) >= 11 is 0. The van der Waals surface area contributed by atoms with Gasteiger partial charge in [-0.25, -0.2) is 13.8 Å². The Morgan fingerprint density at radius 1 is 1.39 bits per heavy atom. The molecular formula is C12H17F2N3O. The lowest BCUT2D eigenvalue weighted by molar-refractivity contribution is 0.185. The molecule has 2 rings (SSSR count). The van der Waals surface area contributed by atoms with Crippen LogP contribution in [0.4, 0.5) is 20.4 Å². The van der Waals surface area contributed by atoms with E-state index < -0.39 is 11.6 Å². The van der Waals surface area contributed by atoms with E-state index in [0.29, 0.717) is 12.5 Å². The molecule has 0 spiro atoms. The molecule has 6 heteroatoms. The second kappa shape index (κ2) is 5.95. The third-order valence-corrected chi connectivity index (χ3v) is 3.04. The lowest BCUT2D eigenvalue weighted by Crippen LogP contribution is -2.12. The Balaban J connectivity index is 1.91. The number of aromatic nitrogens is 1. The van der Waals surface area contributed by atoms with Crippen LogP contribution in [0.5, 0.6) is 0 Å². The molecule has 1 aromatic heterocycles. The zero-order valence-corrected chi connectivity index (χ0v) is 10.3. The molecule has 1 saturated heterocycles. The van der Waals surface area contributed by atoms with Gasteiger partial charge < -0.3 is 15.4 Å². The maximum absolute atomic E-state index is 13.4. The SMILES string of the molecule is CNc1nc(NCCC2CCOC2)c(F)cc1F. The standard InChI is InChI=1S/C12H17F2N3O/c1-15-11-9(13)6-10(14)12(17-11)16-4-2-8-3-5-18-7-8/h6,8H,2-5,7H2,1H3,(H2,15,16,17). The number of rotatable bonds is 5. The van der Waals surface area contributed by atoms with Gasteiger partial charge in [0.05, 0.1) is 0 Å². The maximum atomic E-state index is 13.4. The lowest BCUT2D eigenvalue weighted by Gasteiger charge is -2.11. The summed E-state index contributed by atoms with van der Waals surface area (Å²) < 4.78 is 31.9. The second-order valence-electron chi connectivity index (χ2n) is 4.34. The van der Waals surface area contributed by atoms with Crippen LogP contribution in [0, 0.1) is 17.6 Å². The molecule has 0 radical (unpaired) electrons. The molecule has 0 aromatic carbocycles. The molecule has 4 nitrogen and oxygen atoms in total. The van der Waals surface area contributed by atoms with Gasteiger partial charge in [0.25, 0.3) is 0 Å². The van der Waals surface area contributed by atoms with Gasteiger partial charge in [-0.3, -0.25) is 0 Å². The molecule has 18 heavy (non-hydrogen) atoms. The molecule has 1 aliphatic rings. The summed E-state index contributed by atoms with van der Waals surface area (Å²) in [6.45, 7) is 2.17. The van der Waals surface area contributed by atoms with Crippen LogP contribution in [0.2, 0.25) is 0 Å². The highest BCUT2D eigenvalue weighted by molar-refractivity contribution is 5.47. The summed E-state index contributed by atoms with van der Waals surface area (Å²) in [7, 11) is 1.54. The van der Waals surface area contributed by atoms with Crippen molar-refractivity contribution in [2.75, 3.05) is 37.4 Å². The van der Waals surface area contributed by atoms with E-state index in [1.807, 2.05) is 0 Å². The third-order valence-electron chi connectivity index (χ3n) is 3.04. The first-order valence-corrected chi connectivity index (χ1v) is 6.06. The van der Waals surface area contributed by atoms with Crippen LogP contribution in [-0.4, -0.2) is 31.8 Å². The first-order valence-electron chi connectivity index (χ1n) is 6.06. The molecule has 0 amide bonds. The molecule has 2 N–H and O–H groups in total.